The molecular weight excluding hydrogens is 220 g/mol. The minimum Gasteiger partial charge on any atom is -0.395 e. The molecule has 0 radical (unpaired) electrons. The number of aliphatic hydroxyl groups excluding tert-OH is 1. The lowest BCUT2D eigenvalue weighted by Crippen LogP contribution is -2.21. The second kappa shape index (κ2) is 4.49. The SMILES string of the molecule is Cc1nnc(NS(=O)(=O)CCO)nc1C. The van der Waals surface area contributed by atoms with Crippen LogP contribution >= 0.6 is 0 Å². The van der Waals surface area contributed by atoms with Crippen molar-refractivity contribution in [1.82, 2.24) is 15.2 Å². The molecule has 0 unspecified atom stereocenters. The van der Waals surface area contributed by atoms with E-state index in [2.05, 4.69) is 19.9 Å². The zero-order valence-electron chi connectivity index (χ0n) is 8.43. The molecule has 84 valence electrons. The van der Waals surface area contributed by atoms with Gasteiger partial charge in [0, 0.05) is 0 Å². The van der Waals surface area contributed by atoms with Crippen molar-refractivity contribution in [2.24, 2.45) is 0 Å². The first-order valence-electron chi connectivity index (χ1n) is 4.24. The summed E-state index contributed by atoms with van der Waals surface area (Å²) in [7, 11) is -3.58. The first-order chi connectivity index (χ1) is 6.94. The minimum absolute atomic E-state index is 0.0773. The van der Waals surface area contributed by atoms with Crippen LogP contribution in [-0.4, -0.2) is 41.1 Å². The highest BCUT2D eigenvalue weighted by atomic mass is 32.2. The molecule has 7 nitrogen and oxygen atoms in total. The van der Waals surface area contributed by atoms with Gasteiger partial charge >= 0.3 is 0 Å². The van der Waals surface area contributed by atoms with E-state index >= 15 is 0 Å². The van der Waals surface area contributed by atoms with E-state index in [-0.39, 0.29) is 11.7 Å². The van der Waals surface area contributed by atoms with Crippen LogP contribution in [0.15, 0.2) is 0 Å². The van der Waals surface area contributed by atoms with Gasteiger partial charge in [-0.15, -0.1) is 5.10 Å². The Morgan fingerprint density at radius 2 is 1.93 bits per heavy atom. The van der Waals surface area contributed by atoms with Crippen LogP contribution in [-0.2, 0) is 10.0 Å². The predicted octanol–water partition coefficient (Wildman–Crippen LogP) is -0.778. The van der Waals surface area contributed by atoms with Crippen molar-refractivity contribution in [3.05, 3.63) is 11.4 Å². The van der Waals surface area contributed by atoms with Gasteiger partial charge in [0.25, 0.3) is 5.95 Å². The van der Waals surface area contributed by atoms with Gasteiger partial charge in [0.05, 0.1) is 23.7 Å². The monoisotopic (exact) mass is 232 g/mol. The molecule has 8 heteroatoms. The van der Waals surface area contributed by atoms with Crippen LogP contribution in [0.25, 0.3) is 0 Å². The molecule has 0 aliphatic rings. The van der Waals surface area contributed by atoms with E-state index in [1.54, 1.807) is 13.8 Å². The Labute approximate surface area is 87.6 Å². The number of aryl methyl sites for hydroxylation is 2. The fourth-order valence-electron chi connectivity index (χ4n) is 0.810. The number of anilines is 1. The van der Waals surface area contributed by atoms with Crippen LogP contribution in [0.2, 0.25) is 0 Å². The summed E-state index contributed by atoms with van der Waals surface area (Å²) in [5.74, 6) is -0.463. The molecule has 0 aliphatic carbocycles. The second-order valence-corrected chi connectivity index (χ2v) is 4.79. The van der Waals surface area contributed by atoms with E-state index in [9.17, 15) is 8.42 Å². The zero-order chi connectivity index (χ0) is 11.5. The molecular formula is C7H12N4O3S. The average molecular weight is 232 g/mol. The maximum atomic E-state index is 11.2. The molecule has 0 saturated carbocycles. The van der Waals surface area contributed by atoms with Gasteiger partial charge in [0.2, 0.25) is 10.0 Å². The predicted molar refractivity (Wildman–Crippen MR) is 53.8 cm³/mol. The van der Waals surface area contributed by atoms with Gasteiger partial charge in [-0.05, 0) is 13.8 Å². The third kappa shape index (κ3) is 3.40. The Bertz CT molecular complexity index is 446. The molecule has 15 heavy (non-hydrogen) atoms. The first kappa shape index (κ1) is 11.8. The summed E-state index contributed by atoms with van der Waals surface area (Å²) < 4.78 is 24.5. The normalized spacial score (nSPS) is 11.4. The molecule has 1 heterocycles. The molecule has 0 saturated heterocycles. The number of nitrogens with one attached hydrogen (secondary N) is 1. The van der Waals surface area contributed by atoms with Crippen LogP contribution in [0.5, 0.6) is 0 Å². The summed E-state index contributed by atoms with van der Waals surface area (Å²) in [6, 6.07) is 0. The molecule has 1 aromatic rings. The molecule has 1 rings (SSSR count). The van der Waals surface area contributed by atoms with Gasteiger partial charge in [-0.2, -0.15) is 5.10 Å². The molecule has 0 aliphatic heterocycles. The summed E-state index contributed by atoms with van der Waals surface area (Å²) >= 11 is 0. The van der Waals surface area contributed by atoms with E-state index < -0.39 is 16.6 Å². The van der Waals surface area contributed by atoms with Crippen molar-refractivity contribution in [3.63, 3.8) is 0 Å². The second-order valence-electron chi connectivity index (χ2n) is 2.95. The van der Waals surface area contributed by atoms with Gasteiger partial charge in [0.1, 0.15) is 0 Å². The lowest BCUT2D eigenvalue weighted by Gasteiger charge is -2.05. The smallest absolute Gasteiger partial charge is 0.256 e. The number of aliphatic hydroxyl groups is 1. The third-order valence-electron chi connectivity index (χ3n) is 1.70. The van der Waals surface area contributed by atoms with E-state index in [1.165, 1.54) is 0 Å². The standard InChI is InChI=1S/C7H12N4O3S/c1-5-6(2)9-10-7(8-5)11-15(13,14)4-3-12/h12H,3-4H2,1-2H3,(H,8,10,11). The van der Waals surface area contributed by atoms with Crippen LogP contribution in [0.3, 0.4) is 0 Å². The van der Waals surface area contributed by atoms with Gasteiger partial charge in [0.15, 0.2) is 0 Å². The average Bonchev–Trinajstić information content (AvgIpc) is 2.10. The maximum Gasteiger partial charge on any atom is 0.256 e. The summed E-state index contributed by atoms with van der Waals surface area (Å²) in [5.41, 5.74) is 1.24. The largest absolute Gasteiger partial charge is 0.395 e. The highest BCUT2D eigenvalue weighted by Crippen LogP contribution is 2.03. The molecule has 0 aromatic carbocycles. The van der Waals surface area contributed by atoms with Gasteiger partial charge in [-0.25, -0.2) is 18.1 Å². The van der Waals surface area contributed by atoms with Crippen molar-refractivity contribution in [1.29, 1.82) is 0 Å². The van der Waals surface area contributed by atoms with Gasteiger partial charge in [-0.1, -0.05) is 0 Å². The van der Waals surface area contributed by atoms with Crippen molar-refractivity contribution in [2.75, 3.05) is 17.1 Å². The Morgan fingerprint density at radius 1 is 1.27 bits per heavy atom. The molecule has 0 spiro atoms. The molecule has 0 fully saturated rings. The topological polar surface area (TPSA) is 105 Å². The molecule has 1 aromatic heterocycles. The van der Waals surface area contributed by atoms with Crippen molar-refractivity contribution >= 4 is 16.0 Å². The van der Waals surface area contributed by atoms with Crippen LogP contribution in [0.1, 0.15) is 11.4 Å². The number of hydrogen-bond donors (Lipinski definition) is 2. The van der Waals surface area contributed by atoms with Crippen molar-refractivity contribution in [3.8, 4) is 0 Å². The lowest BCUT2D eigenvalue weighted by molar-refractivity contribution is 0.320. The van der Waals surface area contributed by atoms with Crippen LogP contribution in [0, 0.1) is 13.8 Å². The first-order valence-corrected chi connectivity index (χ1v) is 5.89. The molecule has 0 atom stereocenters. The van der Waals surface area contributed by atoms with Gasteiger partial charge in [-0.3, -0.25) is 0 Å². The summed E-state index contributed by atoms with van der Waals surface area (Å²) in [6.45, 7) is 2.97. The lowest BCUT2D eigenvalue weighted by atomic mass is 10.4. The Hall–Kier alpha value is -1.28. The number of nitrogens with zero attached hydrogens (tertiary/aromatic N) is 3. The highest BCUT2D eigenvalue weighted by Gasteiger charge is 2.12. The van der Waals surface area contributed by atoms with Crippen LogP contribution < -0.4 is 4.72 Å². The summed E-state index contributed by atoms with van der Waals surface area (Å²) in [5, 5.41) is 15.8. The zero-order valence-corrected chi connectivity index (χ0v) is 9.24. The Kier molecular flexibility index (Phi) is 3.53. The van der Waals surface area contributed by atoms with Crippen LogP contribution in [0.4, 0.5) is 5.95 Å². The van der Waals surface area contributed by atoms with Crippen molar-refractivity contribution in [2.45, 2.75) is 13.8 Å². The van der Waals surface area contributed by atoms with E-state index in [1.807, 2.05) is 0 Å². The maximum absolute atomic E-state index is 11.2. The fraction of sp³-hybridized carbons (Fsp3) is 0.571. The molecule has 2 N–H and O–H groups in total. The van der Waals surface area contributed by atoms with Crippen molar-refractivity contribution < 1.29 is 13.5 Å². The summed E-state index contributed by atoms with van der Waals surface area (Å²) in [4.78, 5) is 3.89. The quantitative estimate of drug-likeness (QED) is 0.705. The highest BCUT2D eigenvalue weighted by molar-refractivity contribution is 7.92. The molecule has 0 amide bonds. The minimum atomic E-state index is -3.58. The molecule has 0 bridgehead atoms. The number of hydrogen-bond acceptors (Lipinski definition) is 6. The van der Waals surface area contributed by atoms with E-state index in [4.69, 9.17) is 5.11 Å². The Balaban J connectivity index is 2.86. The number of sulfonamides is 1. The Morgan fingerprint density at radius 3 is 2.47 bits per heavy atom. The third-order valence-corrected chi connectivity index (χ3v) is 2.91. The van der Waals surface area contributed by atoms with E-state index in [0.29, 0.717) is 11.4 Å². The summed E-state index contributed by atoms with van der Waals surface area (Å²) in [6.07, 6.45) is 0. The fourth-order valence-corrected chi connectivity index (χ4v) is 1.52. The number of aromatic nitrogens is 3. The van der Waals surface area contributed by atoms with Gasteiger partial charge < -0.3 is 5.11 Å². The number of rotatable bonds is 4. The van der Waals surface area contributed by atoms with E-state index in [0.717, 1.165) is 0 Å².